The van der Waals surface area contributed by atoms with Gasteiger partial charge in [-0.05, 0) is 60.5 Å². The van der Waals surface area contributed by atoms with Crippen LogP contribution in [-0.2, 0) is 30.4 Å². The van der Waals surface area contributed by atoms with Gasteiger partial charge in [0.25, 0.3) is 0 Å². The maximum atomic E-state index is 5.40. The first-order valence-electron chi connectivity index (χ1n) is 18.3. The molecule has 1 fully saturated rings. The number of hydrogen-bond donors (Lipinski definition) is 0. The zero-order valence-electron chi connectivity index (χ0n) is 29.2. The summed E-state index contributed by atoms with van der Waals surface area (Å²) in [6, 6.07) is 41.3. The maximum Gasteiger partial charge on any atom is 0.164 e. The topological polar surface area (TPSA) is 51.8 Å². The van der Waals surface area contributed by atoms with Gasteiger partial charge >= 0.3 is 0 Å². The summed E-state index contributed by atoms with van der Waals surface area (Å²) >= 11 is 0. The minimum atomic E-state index is -0.290. The minimum Gasteiger partial charge on any atom is -0.315 e. The summed E-state index contributed by atoms with van der Waals surface area (Å²) in [5, 5.41) is 3.77. The molecule has 5 heterocycles. The van der Waals surface area contributed by atoms with E-state index in [9.17, 15) is 0 Å². The standard InChI is InChI=1S/C47H32N6.V/c1-2-12-35-36-15-6-10-20-41(36)52(40(35)17-3-1)43-28-44(50-45(49-43)31-23-26-48-27-24-31)53-42-21-11-7-16-37(42)46-29-32(22-25-47(46,53)30-46)51-38-18-8-4-13-33(38)34-14-5-9-19-39(34)51;/h1-16,18-29H,17,30H2;. The fourth-order valence-electron chi connectivity index (χ4n) is 9.63. The molecule has 2 atom stereocenters. The average molecular weight is 732 g/mol. The first-order chi connectivity index (χ1) is 26.2. The van der Waals surface area contributed by atoms with E-state index in [0.717, 1.165) is 35.6 Å². The molecule has 4 aromatic carbocycles. The number of para-hydroxylation sites is 4. The van der Waals surface area contributed by atoms with E-state index < -0.39 is 0 Å². The molecule has 0 N–H and O–H groups in total. The van der Waals surface area contributed by atoms with Crippen LogP contribution in [0.4, 0.5) is 11.5 Å². The van der Waals surface area contributed by atoms with Crippen LogP contribution in [0.5, 0.6) is 0 Å². The second-order valence-electron chi connectivity index (χ2n) is 14.5. The number of benzene rings is 4. The first-order valence-corrected chi connectivity index (χ1v) is 18.3. The number of anilines is 2. The molecule has 2 unspecified atom stereocenters. The molecule has 1 saturated carbocycles. The van der Waals surface area contributed by atoms with Gasteiger partial charge in [0.05, 0.1) is 22.1 Å². The normalized spacial score (nSPS) is 20.3. The van der Waals surface area contributed by atoms with Crippen LogP contribution < -0.4 is 4.90 Å². The molecule has 12 rings (SSSR count). The molecule has 7 heteroatoms. The van der Waals surface area contributed by atoms with E-state index in [-0.39, 0.29) is 29.5 Å². The van der Waals surface area contributed by atoms with Gasteiger partial charge in [-0.1, -0.05) is 103 Å². The summed E-state index contributed by atoms with van der Waals surface area (Å²) in [5.74, 6) is 2.43. The molecule has 255 valence electrons. The first kappa shape index (κ1) is 31.3. The Kier molecular flexibility index (Phi) is 6.61. The predicted molar refractivity (Wildman–Crippen MR) is 214 cm³/mol. The molecule has 0 amide bonds. The van der Waals surface area contributed by atoms with Crippen LogP contribution in [0.25, 0.3) is 61.7 Å². The van der Waals surface area contributed by atoms with E-state index in [4.69, 9.17) is 9.97 Å². The van der Waals surface area contributed by atoms with Crippen molar-refractivity contribution in [2.75, 3.05) is 4.90 Å². The quantitative estimate of drug-likeness (QED) is 0.181. The molecule has 3 aliphatic carbocycles. The van der Waals surface area contributed by atoms with E-state index in [2.05, 4.69) is 165 Å². The van der Waals surface area contributed by atoms with Crippen LogP contribution in [0.2, 0.25) is 0 Å². The summed E-state index contributed by atoms with van der Waals surface area (Å²) in [6.07, 6.45) is 21.5. The third kappa shape index (κ3) is 4.10. The number of hydrogen-bond acceptors (Lipinski definition) is 4. The van der Waals surface area contributed by atoms with Crippen molar-refractivity contribution in [1.82, 2.24) is 24.1 Å². The fraction of sp³-hybridized carbons (Fsp3) is 0.0851. The van der Waals surface area contributed by atoms with Crippen molar-refractivity contribution in [3.63, 3.8) is 0 Å². The Morgan fingerprint density at radius 2 is 1.30 bits per heavy atom. The average Bonchev–Trinajstić information content (AvgIpc) is 3.65. The Morgan fingerprint density at radius 1 is 0.630 bits per heavy atom. The summed E-state index contributed by atoms with van der Waals surface area (Å²) < 4.78 is 4.79. The molecule has 4 aromatic heterocycles. The molecule has 1 radical (unpaired) electrons. The molecular weight excluding hydrogens is 700 g/mol. The van der Waals surface area contributed by atoms with Crippen molar-refractivity contribution in [3.05, 3.63) is 181 Å². The van der Waals surface area contributed by atoms with Crippen molar-refractivity contribution in [2.45, 2.75) is 23.8 Å². The Morgan fingerprint density at radius 3 is 2.07 bits per heavy atom. The Hall–Kier alpha value is -6.21. The smallest absolute Gasteiger partial charge is 0.164 e. The monoisotopic (exact) mass is 731 g/mol. The van der Waals surface area contributed by atoms with E-state index in [1.54, 1.807) is 0 Å². The molecule has 4 aliphatic rings. The molecule has 0 spiro atoms. The molecule has 8 aromatic rings. The Bertz CT molecular complexity index is 2930. The SMILES string of the molecule is C1=CCc2c(c3ccccc3n2-c2cc(N3c4ccccc4C45C=C(n6c7ccccc7c7ccccc76)C=CC34C5)nc(-c3ccncc3)n2)C=C1.[V]. The second kappa shape index (κ2) is 11.4. The summed E-state index contributed by atoms with van der Waals surface area (Å²) in [4.78, 5) is 17.5. The zero-order valence-corrected chi connectivity index (χ0v) is 30.6. The van der Waals surface area contributed by atoms with Crippen molar-refractivity contribution in [3.8, 4) is 17.2 Å². The molecule has 6 nitrogen and oxygen atoms in total. The van der Waals surface area contributed by atoms with Gasteiger partial charge in [0.15, 0.2) is 5.82 Å². The summed E-state index contributed by atoms with van der Waals surface area (Å²) in [6.45, 7) is 0. The van der Waals surface area contributed by atoms with Gasteiger partial charge in [-0.3, -0.25) is 9.55 Å². The van der Waals surface area contributed by atoms with E-state index in [0.29, 0.717) is 5.82 Å². The van der Waals surface area contributed by atoms with Gasteiger partial charge in [0.1, 0.15) is 11.6 Å². The van der Waals surface area contributed by atoms with Crippen molar-refractivity contribution >= 4 is 56.0 Å². The van der Waals surface area contributed by atoms with Crippen LogP contribution >= 0.6 is 0 Å². The van der Waals surface area contributed by atoms with Gasteiger partial charge in [0.2, 0.25) is 0 Å². The van der Waals surface area contributed by atoms with Crippen LogP contribution in [0.15, 0.2) is 164 Å². The van der Waals surface area contributed by atoms with Crippen LogP contribution in [0.3, 0.4) is 0 Å². The van der Waals surface area contributed by atoms with Gasteiger partial charge < -0.3 is 9.47 Å². The second-order valence-corrected chi connectivity index (χ2v) is 14.5. The Labute approximate surface area is 324 Å². The third-order valence-corrected chi connectivity index (χ3v) is 11.9. The maximum absolute atomic E-state index is 5.40. The number of rotatable bonds is 4. The van der Waals surface area contributed by atoms with Crippen LogP contribution in [-0.4, -0.2) is 29.6 Å². The summed E-state index contributed by atoms with van der Waals surface area (Å²) in [5.41, 5.74) is 10.2. The van der Waals surface area contributed by atoms with Gasteiger partial charge in [-0.15, -0.1) is 0 Å². The number of allylic oxidation sites excluding steroid dienone is 5. The molecule has 1 aliphatic heterocycles. The Balaban J connectivity index is 0.00000341. The van der Waals surface area contributed by atoms with Crippen LogP contribution in [0, 0.1) is 0 Å². The fourth-order valence-corrected chi connectivity index (χ4v) is 9.63. The molecule has 54 heavy (non-hydrogen) atoms. The van der Waals surface area contributed by atoms with Crippen molar-refractivity contribution < 1.29 is 18.6 Å². The largest absolute Gasteiger partial charge is 0.315 e. The van der Waals surface area contributed by atoms with E-state index in [1.807, 2.05) is 24.5 Å². The number of nitrogens with zero attached hydrogens (tertiary/aromatic N) is 6. The van der Waals surface area contributed by atoms with E-state index in [1.165, 1.54) is 55.4 Å². The van der Waals surface area contributed by atoms with Crippen molar-refractivity contribution in [1.29, 1.82) is 0 Å². The van der Waals surface area contributed by atoms with Crippen molar-refractivity contribution in [2.24, 2.45) is 0 Å². The third-order valence-electron chi connectivity index (χ3n) is 11.9. The van der Waals surface area contributed by atoms with Crippen LogP contribution in [0.1, 0.15) is 23.2 Å². The molecule has 0 saturated heterocycles. The summed E-state index contributed by atoms with van der Waals surface area (Å²) in [7, 11) is 0. The predicted octanol–water partition coefficient (Wildman–Crippen LogP) is 10.4. The zero-order chi connectivity index (χ0) is 34.7. The van der Waals surface area contributed by atoms with Gasteiger partial charge in [0, 0.05) is 93.2 Å². The number of aromatic nitrogens is 5. The van der Waals surface area contributed by atoms with Gasteiger partial charge in [-0.25, -0.2) is 9.97 Å². The van der Waals surface area contributed by atoms with Gasteiger partial charge in [-0.2, -0.15) is 0 Å². The number of fused-ring (bicyclic) bond motifs is 7. The molecular formula is C47H32N6V. The minimum absolute atomic E-state index is 0. The van der Waals surface area contributed by atoms with E-state index >= 15 is 0 Å². The number of pyridine rings is 1. The molecule has 0 bridgehead atoms.